The summed E-state index contributed by atoms with van der Waals surface area (Å²) in [6.07, 6.45) is 3.01. The number of nitrogens with one attached hydrogen (secondary N) is 1. The normalized spacial score (nSPS) is 22.0. The lowest BCUT2D eigenvalue weighted by molar-refractivity contribution is -0.388. The van der Waals surface area contributed by atoms with Crippen molar-refractivity contribution in [1.82, 2.24) is 9.55 Å². The third-order valence-electron chi connectivity index (χ3n) is 4.23. The van der Waals surface area contributed by atoms with E-state index >= 15 is 0 Å². The Morgan fingerprint density at radius 2 is 2.10 bits per heavy atom. The number of hydrogen-bond acceptors (Lipinski definition) is 5. The summed E-state index contributed by atoms with van der Waals surface area (Å²) < 4.78 is 1.67. The number of carbonyl (C=O) groups is 1. The molecule has 1 aromatic heterocycles. The third-order valence-corrected chi connectivity index (χ3v) is 4.23. The Kier molecular flexibility index (Phi) is 4.44. The number of aromatic nitrogens is 2. The van der Waals surface area contributed by atoms with E-state index in [0.717, 1.165) is 12.8 Å². The van der Waals surface area contributed by atoms with Crippen LogP contribution in [0.3, 0.4) is 0 Å². The van der Waals surface area contributed by atoms with E-state index in [4.69, 9.17) is 5.11 Å². The summed E-state index contributed by atoms with van der Waals surface area (Å²) >= 11 is 0. The molecule has 2 rings (SSSR count). The second-order valence-corrected chi connectivity index (χ2v) is 5.58. The Morgan fingerprint density at radius 1 is 1.48 bits per heavy atom. The number of rotatable bonds is 5. The fraction of sp³-hybridized carbons (Fsp3) is 0.692. The van der Waals surface area contributed by atoms with Gasteiger partial charge in [-0.1, -0.05) is 0 Å². The van der Waals surface area contributed by atoms with Crippen molar-refractivity contribution >= 4 is 17.6 Å². The van der Waals surface area contributed by atoms with Gasteiger partial charge in [0.15, 0.2) is 0 Å². The monoisotopic (exact) mass is 296 g/mol. The molecular weight excluding hydrogens is 276 g/mol. The summed E-state index contributed by atoms with van der Waals surface area (Å²) in [5, 5.41) is 23.1. The Labute approximate surface area is 122 Å². The van der Waals surface area contributed by atoms with Gasteiger partial charge in [0.25, 0.3) is 0 Å². The standard InChI is InChI=1S/C13H20N4O4/c1-8-15-12(17(20)21)11(16(8)2)14-7-9-3-5-10(6-4-9)13(18)19/h9-10,14H,3-7H2,1-2H3,(H,18,19). The summed E-state index contributed by atoms with van der Waals surface area (Å²) in [7, 11) is 1.74. The van der Waals surface area contributed by atoms with E-state index in [-0.39, 0.29) is 11.7 Å². The second-order valence-electron chi connectivity index (χ2n) is 5.58. The van der Waals surface area contributed by atoms with Gasteiger partial charge in [0.05, 0.1) is 5.92 Å². The molecule has 0 aliphatic heterocycles. The van der Waals surface area contributed by atoms with Gasteiger partial charge in [-0.05, 0) is 41.5 Å². The summed E-state index contributed by atoms with van der Waals surface area (Å²) in [5.41, 5.74) is 0. The fourth-order valence-electron chi connectivity index (χ4n) is 2.77. The second kappa shape index (κ2) is 6.11. The molecule has 0 atom stereocenters. The number of carboxylic acids is 1. The van der Waals surface area contributed by atoms with Crippen molar-refractivity contribution < 1.29 is 14.8 Å². The van der Waals surface area contributed by atoms with E-state index < -0.39 is 10.9 Å². The Morgan fingerprint density at radius 3 is 2.62 bits per heavy atom. The number of carboxylic acid groups (broad SMARTS) is 1. The molecule has 0 amide bonds. The van der Waals surface area contributed by atoms with Crippen molar-refractivity contribution in [3.05, 3.63) is 15.9 Å². The van der Waals surface area contributed by atoms with Crippen molar-refractivity contribution in [3.8, 4) is 0 Å². The topological polar surface area (TPSA) is 110 Å². The van der Waals surface area contributed by atoms with Gasteiger partial charge in [-0.15, -0.1) is 0 Å². The van der Waals surface area contributed by atoms with E-state index in [1.165, 1.54) is 0 Å². The van der Waals surface area contributed by atoms with E-state index in [9.17, 15) is 14.9 Å². The molecule has 8 heteroatoms. The minimum Gasteiger partial charge on any atom is -0.481 e. The first-order valence-corrected chi connectivity index (χ1v) is 7.04. The lowest BCUT2D eigenvalue weighted by atomic mass is 9.82. The molecule has 1 aromatic rings. The Balaban J connectivity index is 1.95. The average molecular weight is 296 g/mol. The van der Waals surface area contributed by atoms with Gasteiger partial charge in [-0.3, -0.25) is 9.36 Å². The molecule has 1 heterocycles. The van der Waals surface area contributed by atoms with E-state index in [1.807, 2.05) is 0 Å². The van der Waals surface area contributed by atoms with Crippen LogP contribution >= 0.6 is 0 Å². The zero-order chi connectivity index (χ0) is 15.6. The number of nitrogens with zero attached hydrogens (tertiary/aromatic N) is 3. The molecule has 1 aliphatic rings. The van der Waals surface area contributed by atoms with Crippen molar-refractivity contribution in [2.75, 3.05) is 11.9 Å². The minimum atomic E-state index is -0.723. The zero-order valence-electron chi connectivity index (χ0n) is 12.2. The van der Waals surface area contributed by atoms with Crippen LogP contribution < -0.4 is 5.32 Å². The summed E-state index contributed by atoms with van der Waals surface area (Å²) in [6.45, 7) is 2.32. The molecule has 116 valence electrons. The zero-order valence-corrected chi connectivity index (χ0v) is 12.2. The number of aryl methyl sites for hydroxylation is 1. The molecule has 1 fully saturated rings. The number of imidazole rings is 1. The molecule has 8 nitrogen and oxygen atoms in total. The molecule has 0 unspecified atom stereocenters. The predicted octanol–water partition coefficient (Wildman–Crippen LogP) is 1.94. The highest BCUT2D eigenvalue weighted by molar-refractivity contribution is 5.70. The number of hydrogen-bond donors (Lipinski definition) is 2. The molecule has 0 bridgehead atoms. The first kappa shape index (κ1) is 15.3. The molecule has 0 saturated heterocycles. The van der Waals surface area contributed by atoms with E-state index in [0.29, 0.717) is 36.9 Å². The van der Waals surface area contributed by atoms with Gasteiger partial charge in [0.2, 0.25) is 11.6 Å². The fourth-order valence-corrected chi connectivity index (χ4v) is 2.77. The van der Waals surface area contributed by atoms with Crippen LogP contribution in [0.1, 0.15) is 31.5 Å². The maximum Gasteiger partial charge on any atom is 0.406 e. The van der Waals surface area contributed by atoms with Crippen LogP contribution in [-0.2, 0) is 11.8 Å². The maximum absolute atomic E-state index is 11.0. The van der Waals surface area contributed by atoms with Crippen LogP contribution in [0.25, 0.3) is 0 Å². The average Bonchev–Trinajstić information content (AvgIpc) is 2.73. The lowest BCUT2D eigenvalue weighted by Gasteiger charge is -2.26. The first-order chi connectivity index (χ1) is 9.90. The highest BCUT2D eigenvalue weighted by atomic mass is 16.6. The number of nitro groups is 1. The smallest absolute Gasteiger partial charge is 0.406 e. The highest BCUT2D eigenvalue weighted by Gasteiger charge is 2.28. The number of anilines is 1. The van der Waals surface area contributed by atoms with Gasteiger partial charge in [-0.25, -0.2) is 0 Å². The largest absolute Gasteiger partial charge is 0.481 e. The van der Waals surface area contributed by atoms with Crippen LogP contribution in [-0.4, -0.2) is 32.1 Å². The number of aliphatic carboxylic acids is 1. The minimum absolute atomic E-state index is 0.158. The lowest BCUT2D eigenvalue weighted by Crippen LogP contribution is -2.25. The maximum atomic E-state index is 11.0. The van der Waals surface area contributed by atoms with Crippen LogP contribution in [0.4, 0.5) is 11.6 Å². The molecule has 2 N–H and O–H groups in total. The molecule has 0 radical (unpaired) electrons. The molecular formula is C13H20N4O4. The van der Waals surface area contributed by atoms with Crippen molar-refractivity contribution in [3.63, 3.8) is 0 Å². The first-order valence-electron chi connectivity index (χ1n) is 7.04. The van der Waals surface area contributed by atoms with Gasteiger partial charge in [0.1, 0.15) is 0 Å². The molecule has 1 aliphatic carbocycles. The van der Waals surface area contributed by atoms with Crippen LogP contribution in [0.2, 0.25) is 0 Å². The van der Waals surface area contributed by atoms with E-state index in [1.54, 1.807) is 18.5 Å². The molecule has 0 spiro atoms. The van der Waals surface area contributed by atoms with Gasteiger partial charge < -0.3 is 20.5 Å². The predicted molar refractivity (Wildman–Crippen MR) is 76.2 cm³/mol. The van der Waals surface area contributed by atoms with Crippen LogP contribution in [0, 0.1) is 28.9 Å². The quantitative estimate of drug-likeness (QED) is 0.634. The van der Waals surface area contributed by atoms with Crippen molar-refractivity contribution in [1.29, 1.82) is 0 Å². The van der Waals surface area contributed by atoms with Gasteiger partial charge in [-0.2, -0.15) is 0 Å². The Hall–Kier alpha value is -2.12. The van der Waals surface area contributed by atoms with Gasteiger partial charge in [0, 0.05) is 20.5 Å². The SMILES string of the molecule is Cc1nc([N+](=O)[O-])c(NCC2CCC(C(=O)O)CC2)n1C. The van der Waals surface area contributed by atoms with Gasteiger partial charge >= 0.3 is 11.8 Å². The molecule has 21 heavy (non-hydrogen) atoms. The highest BCUT2D eigenvalue weighted by Crippen LogP contribution is 2.30. The summed E-state index contributed by atoms with van der Waals surface area (Å²) in [4.78, 5) is 25.3. The molecule has 1 saturated carbocycles. The third kappa shape index (κ3) is 3.32. The van der Waals surface area contributed by atoms with Crippen LogP contribution in [0.5, 0.6) is 0 Å². The van der Waals surface area contributed by atoms with Crippen molar-refractivity contribution in [2.45, 2.75) is 32.6 Å². The van der Waals surface area contributed by atoms with Crippen molar-refractivity contribution in [2.24, 2.45) is 18.9 Å². The Bertz CT molecular complexity index is 547. The summed E-state index contributed by atoms with van der Waals surface area (Å²) in [6, 6.07) is 0. The van der Waals surface area contributed by atoms with Crippen LogP contribution in [0.15, 0.2) is 0 Å². The summed E-state index contributed by atoms with van der Waals surface area (Å²) in [5.74, 6) is 0.218. The molecule has 0 aromatic carbocycles. The van der Waals surface area contributed by atoms with E-state index in [2.05, 4.69) is 10.3 Å².